The van der Waals surface area contributed by atoms with E-state index in [1.807, 2.05) is 72.9 Å². The third-order valence-electron chi connectivity index (χ3n) is 14.2. The molecule has 0 bridgehead atoms. The molecule has 312 valence electrons. The monoisotopic (exact) mass is 881 g/mol. The number of hydrogen-bond donors (Lipinski definition) is 0. The number of benzene rings is 10. The van der Waals surface area contributed by atoms with Gasteiger partial charge in [-0.15, -0.1) is 11.3 Å². The highest BCUT2D eigenvalue weighted by atomic mass is 32.1. The highest BCUT2D eigenvalue weighted by Gasteiger charge is 2.34. The van der Waals surface area contributed by atoms with Crippen molar-refractivity contribution in [1.82, 2.24) is 14.1 Å². The Bertz CT molecular complexity index is 4540. The van der Waals surface area contributed by atoms with Crippen molar-refractivity contribution < 1.29 is 4.42 Å². The van der Waals surface area contributed by atoms with E-state index in [4.69, 9.17) is 9.40 Å². The topological polar surface area (TPSA) is 64.0 Å². The Morgan fingerprint density at radius 3 is 1.90 bits per heavy atom. The molecule has 15 rings (SSSR count). The van der Waals surface area contributed by atoms with Gasteiger partial charge < -0.3 is 13.6 Å². The molecule has 0 aliphatic heterocycles. The van der Waals surface area contributed by atoms with Crippen molar-refractivity contribution in [1.29, 1.82) is 5.26 Å². The van der Waals surface area contributed by atoms with Gasteiger partial charge in [-0.2, -0.15) is 5.26 Å². The molecule has 0 amide bonds. The summed E-state index contributed by atoms with van der Waals surface area (Å²) in [4.78, 5) is 9.53. The molecule has 0 aliphatic rings. The van der Waals surface area contributed by atoms with Crippen LogP contribution in [0.4, 0.5) is 5.69 Å². The molecule has 15 aromatic rings. The molecule has 5 aromatic heterocycles. The normalized spacial score (nSPS) is 12.1. The Hall–Kier alpha value is -9.27. The molecule has 10 aromatic carbocycles. The molecule has 0 saturated heterocycles. The van der Waals surface area contributed by atoms with E-state index >= 15 is 0 Å². The summed E-state index contributed by atoms with van der Waals surface area (Å²) in [5, 5.41) is 23.9. The van der Waals surface area contributed by atoms with Crippen LogP contribution in [0, 0.1) is 17.9 Å². The van der Waals surface area contributed by atoms with Gasteiger partial charge in [0.1, 0.15) is 11.7 Å². The van der Waals surface area contributed by atoms with Crippen molar-refractivity contribution in [3.63, 3.8) is 0 Å². The summed E-state index contributed by atoms with van der Waals surface area (Å²) >= 11 is 1.76. The standard InChI is InChI=1S/C61H31N5OS/c1-63-55-50(34-15-4-2-5-16-34)45(33-62)56(51(35-17-6-3-7-18-35)59(55)65-46-24-12-21-38-39-23-14-32-64-54(39)44-22-13-25-47(65)53(44)52(38)46)66-57-40(28-30-42-36-19-8-10-26-48(36)67-60(42)57)41-29-31-43-37-20-9-11-27-49(37)68-61(43)58(41)66/h2-32H. The summed E-state index contributed by atoms with van der Waals surface area (Å²) in [7, 11) is 0. The van der Waals surface area contributed by atoms with Crippen LogP contribution >= 0.6 is 11.3 Å². The number of pyridine rings is 1. The van der Waals surface area contributed by atoms with Gasteiger partial charge >= 0.3 is 0 Å². The highest BCUT2D eigenvalue weighted by Crippen LogP contribution is 2.55. The first-order chi connectivity index (χ1) is 33.7. The highest BCUT2D eigenvalue weighted by molar-refractivity contribution is 7.26. The molecule has 0 fully saturated rings. The van der Waals surface area contributed by atoms with E-state index in [1.54, 1.807) is 11.3 Å². The van der Waals surface area contributed by atoms with Crippen LogP contribution in [-0.4, -0.2) is 14.1 Å². The van der Waals surface area contributed by atoms with Gasteiger partial charge in [0.05, 0.1) is 55.8 Å². The van der Waals surface area contributed by atoms with Crippen LogP contribution < -0.4 is 0 Å². The second-order valence-electron chi connectivity index (χ2n) is 17.5. The Kier molecular flexibility index (Phi) is 7.42. The Morgan fingerprint density at radius 1 is 0.515 bits per heavy atom. The summed E-state index contributed by atoms with van der Waals surface area (Å²) < 4.78 is 13.9. The van der Waals surface area contributed by atoms with Crippen molar-refractivity contribution in [2.24, 2.45) is 0 Å². The summed E-state index contributed by atoms with van der Waals surface area (Å²) in [5.74, 6) is 0. The maximum absolute atomic E-state index is 12.1. The zero-order valence-electron chi connectivity index (χ0n) is 36.0. The fourth-order valence-corrected chi connectivity index (χ4v) is 12.7. The smallest absolute Gasteiger partial charge is 0.220 e. The minimum atomic E-state index is 0.390. The molecule has 0 spiro atoms. The Balaban J connectivity index is 1.26. The van der Waals surface area contributed by atoms with Gasteiger partial charge in [-0.25, -0.2) is 4.85 Å². The number of rotatable bonds is 4. The predicted molar refractivity (Wildman–Crippen MR) is 281 cm³/mol. The molecule has 0 atom stereocenters. The lowest BCUT2D eigenvalue weighted by Gasteiger charge is -2.25. The van der Waals surface area contributed by atoms with Crippen LogP contribution in [-0.2, 0) is 0 Å². The van der Waals surface area contributed by atoms with Gasteiger partial charge in [-0.1, -0.05) is 146 Å². The molecule has 0 saturated carbocycles. The zero-order valence-corrected chi connectivity index (χ0v) is 36.8. The van der Waals surface area contributed by atoms with Crippen LogP contribution in [0.1, 0.15) is 5.56 Å². The van der Waals surface area contributed by atoms with E-state index < -0.39 is 0 Å². The van der Waals surface area contributed by atoms with Gasteiger partial charge in [0.25, 0.3) is 0 Å². The lowest BCUT2D eigenvalue weighted by molar-refractivity contribution is 0.671. The number of nitrogens with zero attached hydrogens (tertiary/aromatic N) is 5. The van der Waals surface area contributed by atoms with E-state index in [1.165, 1.54) is 10.1 Å². The van der Waals surface area contributed by atoms with Crippen molar-refractivity contribution in [3.05, 3.63) is 205 Å². The lowest BCUT2D eigenvalue weighted by Crippen LogP contribution is -2.09. The average Bonchev–Trinajstić information content (AvgIpc) is 4.16. The number of para-hydroxylation sites is 1. The average molecular weight is 882 g/mol. The van der Waals surface area contributed by atoms with Crippen LogP contribution in [0.25, 0.3) is 146 Å². The fraction of sp³-hybridized carbons (Fsp3) is 0. The summed E-state index contributed by atoms with van der Waals surface area (Å²) in [6.45, 7) is 9.35. The molecule has 6 nitrogen and oxygen atoms in total. The molecule has 0 radical (unpaired) electrons. The van der Waals surface area contributed by atoms with Gasteiger partial charge in [-0.05, 0) is 52.9 Å². The number of hydrogen-bond acceptors (Lipinski definition) is 4. The number of nitriles is 1. The second kappa shape index (κ2) is 13.6. The molecule has 7 heteroatoms. The maximum Gasteiger partial charge on any atom is 0.220 e. The van der Waals surface area contributed by atoms with Crippen molar-refractivity contribution in [3.8, 4) is 39.7 Å². The van der Waals surface area contributed by atoms with Crippen LogP contribution in [0.15, 0.2) is 193 Å². The molecular weight excluding hydrogens is 851 g/mol. The van der Waals surface area contributed by atoms with Crippen molar-refractivity contribution in [2.45, 2.75) is 0 Å². The first kappa shape index (κ1) is 37.0. The van der Waals surface area contributed by atoms with Gasteiger partial charge in [0.2, 0.25) is 5.69 Å². The van der Waals surface area contributed by atoms with Gasteiger partial charge in [0, 0.05) is 75.9 Å². The third-order valence-corrected chi connectivity index (χ3v) is 15.4. The Morgan fingerprint density at radius 2 is 1.13 bits per heavy atom. The second-order valence-corrected chi connectivity index (χ2v) is 18.5. The predicted octanol–water partition coefficient (Wildman–Crippen LogP) is 17.0. The fourth-order valence-electron chi connectivity index (χ4n) is 11.5. The van der Waals surface area contributed by atoms with Gasteiger partial charge in [0.15, 0.2) is 5.58 Å². The lowest BCUT2D eigenvalue weighted by atomic mass is 9.88. The minimum absolute atomic E-state index is 0.390. The molecule has 0 aliphatic carbocycles. The van der Waals surface area contributed by atoms with Crippen LogP contribution in [0.5, 0.6) is 0 Å². The summed E-state index contributed by atoms with van der Waals surface area (Å²) in [6.07, 6.45) is 1.86. The summed E-state index contributed by atoms with van der Waals surface area (Å²) in [6, 6.07) is 65.8. The minimum Gasteiger partial charge on any atom is -0.454 e. The number of thiophene rings is 1. The van der Waals surface area contributed by atoms with Crippen molar-refractivity contribution in [2.75, 3.05) is 0 Å². The maximum atomic E-state index is 12.1. The number of fused-ring (bicyclic) bond motifs is 14. The first-order valence-corrected chi connectivity index (χ1v) is 23.4. The quantitative estimate of drug-likeness (QED) is 0.131. The van der Waals surface area contributed by atoms with Crippen LogP contribution in [0.2, 0.25) is 0 Å². The van der Waals surface area contributed by atoms with E-state index in [0.717, 1.165) is 114 Å². The number of furan rings is 1. The van der Waals surface area contributed by atoms with Gasteiger partial charge in [-0.3, -0.25) is 4.98 Å². The van der Waals surface area contributed by atoms with Crippen LogP contribution in [0.3, 0.4) is 0 Å². The Labute approximate surface area is 391 Å². The zero-order chi connectivity index (χ0) is 44.8. The molecule has 0 N–H and O–H groups in total. The summed E-state index contributed by atoms with van der Waals surface area (Å²) in [5.41, 5.74) is 11.4. The molecule has 5 heterocycles. The SMILES string of the molecule is [C-]#[N+]c1c(-c2ccccc2)c(C#N)c(-n2c3c(ccc4c5ccccc5oc43)c3ccc4c5ccccc5sc4c32)c(-c2ccccc2)c1-n1c2cccc3c4cccnc4c4cccc1c4c32. The molecule has 68 heavy (non-hydrogen) atoms. The third kappa shape index (κ3) is 4.69. The van der Waals surface area contributed by atoms with E-state index in [-0.39, 0.29) is 0 Å². The van der Waals surface area contributed by atoms with E-state index in [2.05, 4.69) is 135 Å². The molecule has 0 unspecified atom stereocenters. The first-order valence-electron chi connectivity index (χ1n) is 22.6. The largest absolute Gasteiger partial charge is 0.454 e. The molecular formula is C61H31N5OS. The van der Waals surface area contributed by atoms with E-state index in [0.29, 0.717) is 28.2 Å². The van der Waals surface area contributed by atoms with Crippen molar-refractivity contribution >= 4 is 124 Å². The number of aromatic nitrogens is 3. The van der Waals surface area contributed by atoms with E-state index in [9.17, 15) is 11.8 Å².